The minimum absolute atomic E-state index is 0.124. The van der Waals surface area contributed by atoms with Crippen LogP contribution in [0.3, 0.4) is 0 Å². The van der Waals surface area contributed by atoms with Crippen LogP contribution in [0.4, 0.5) is 0 Å². The first-order chi connectivity index (χ1) is 14.0. The topological polar surface area (TPSA) is 46.5 Å². The molecule has 0 amide bonds. The fourth-order valence-corrected chi connectivity index (χ4v) is 3.74. The largest absolute Gasteiger partial charge is 0.507 e. The Kier molecular flexibility index (Phi) is 10.9. The molecule has 1 aromatic rings. The number of hydrogen-bond donors (Lipinski definition) is 1. The maximum absolute atomic E-state index is 12.2. The molecule has 3 nitrogen and oxygen atoms in total. The van der Waals surface area contributed by atoms with Crippen LogP contribution in [0.15, 0.2) is 12.1 Å². The highest BCUT2D eigenvalue weighted by Crippen LogP contribution is 2.39. The lowest BCUT2D eigenvalue weighted by Crippen LogP contribution is -2.18. The van der Waals surface area contributed by atoms with Gasteiger partial charge in [-0.2, -0.15) is 0 Å². The summed E-state index contributed by atoms with van der Waals surface area (Å²) in [5.74, 6) is 0.236. The van der Waals surface area contributed by atoms with E-state index in [0.717, 1.165) is 29.5 Å². The number of carbonyl (C=O) groups is 1. The van der Waals surface area contributed by atoms with E-state index in [1.54, 1.807) is 0 Å². The second-order valence-electron chi connectivity index (χ2n) is 10.8. The van der Waals surface area contributed by atoms with Gasteiger partial charge < -0.3 is 9.84 Å². The predicted molar refractivity (Wildman–Crippen MR) is 127 cm³/mol. The van der Waals surface area contributed by atoms with Crippen LogP contribution in [-0.4, -0.2) is 11.1 Å². The summed E-state index contributed by atoms with van der Waals surface area (Å²) >= 11 is 0. The van der Waals surface area contributed by atoms with Crippen LogP contribution < -0.4 is 0 Å². The average Bonchev–Trinajstić information content (AvgIpc) is 2.64. The summed E-state index contributed by atoms with van der Waals surface area (Å²) in [7, 11) is 0. The van der Waals surface area contributed by atoms with Gasteiger partial charge in [-0.05, 0) is 46.1 Å². The molecule has 0 aromatic heterocycles. The van der Waals surface area contributed by atoms with E-state index in [9.17, 15) is 9.90 Å². The highest BCUT2D eigenvalue weighted by atomic mass is 16.5. The van der Waals surface area contributed by atoms with Gasteiger partial charge in [0.2, 0.25) is 0 Å². The minimum Gasteiger partial charge on any atom is -0.507 e. The Morgan fingerprint density at radius 2 is 1.23 bits per heavy atom. The molecule has 0 fully saturated rings. The lowest BCUT2D eigenvalue weighted by molar-refractivity contribution is -0.145. The molecule has 0 bridgehead atoms. The SMILES string of the molecule is CCCCCCCCCCCC(=O)OCc1cc(C(C)(C)C)c(O)c(C(C)(C)C)c1. The molecule has 0 saturated carbocycles. The Balaban J connectivity index is 2.51. The van der Waals surface area contributed by atoms with E-state index in [2.05, 4.69) is 48.5 Å². The van der Waals surface area contributed by atoms with Gasteiger partial charge in [-0.3, -0.25) is 4.79 Å². The zero-order valence-corrected chi connectivity index (χ0v) is 20.7. The first kappa shape index (κ1) is 26.5. The summed E-state index contributed by atoms with van der Waals surface area (Å²) in [5.41, 5.74) is 2.39. The van der Waals surface area contributed by atoms with Gasteiger partial charge in [-0.1, -0.05) is 99.8 Å². The molecule has 1 aromatic carbocycles. The van der Waals surface area contributed by atoms with Crippen molar-refractivity contribution in [2.75, 3.05) is 0 Å². The summed E-state index contributed by atoms with van der Waals surface area (Å²) in [4.78, 5) is 12.2. The lowest BCUT2D eigenvalue weighted by atomic mass is 9.78. The standard InChI is InChI=1S/C27H46O3/c1-8-9-10-11-12-13-14-15-16-17-24(28)30-20-21-18-22(26(2,3)4)25(29)23(19-21)27(5,6)7/h18-19,29H,8-17,20H2,1-7H3. The number of benzene rings is 1. The summed E-state index contributed by atoms with van der Waals surface area (Å²) in [6.45, 7) is 15.1. The summed E-state index contributed by atoms with van der Waals surface area (Å²) in [6, 6.07) is 3.97. The van der Waals surface area contributed by atoms with Gasteiger partial charge in [-0.25, -0.2) is 0 Å². The highest BCUT2D eigenvalue weighted by molar-refractivity contribution is 5.69. The smallest absolute Gasteiger partial charge is 0.306 e. The van der Waals surface area contributed by atoms with Crippen LogP contribution in [0, 0.1) is 0 Å². The third-order valence-electron chi connectivity index (χ3n) is 5.67. The Bertz CT molecular complexity index is 612. The predicted octanol–water partition coefficient (Wildman–Crippen LogP) is 7.95. The number of phenols is 1. The van der Waals surface area contributed by atoms with E-state index in [4.69, 9.17) is 4.74 Å². The van der Waals surface area contributed by atoms with Crippen LogP contribution in [-0.2, 0) is 27.0 Å². The van der Waals surface area contributed by atoms with E-state index < -0.39 is 0 Å². The van der Waals surface area contributed by atoms with Gasteiger partial charge in [0.1, 0.15) is 12.4 Å². The summed E-state index contributed by atoms with van der Waals surface area (Å²) < 4.78 is 5.55. The van der Waals surface area contributed by atoms with Crippen LogP contribution in [0.1, 0.15) is 129 Å². The number of phenolic OH excluding ortho intramolecular Hbond substituents is 1. The second kappa shape index (κ2) is 12.4. The van der Waals surface area contributed by atoms with Crippen molar-refractivity contribution in [3.05, 3.63) is 28.8 Å². The molecule has 0 spiro atoms. The number of hydrogen-bond acceptors (Lipinski definition) is 3. The van der Waals surface area contributed by atoms with Gasteiger partial charge in [0.05, 0.1) is 0 Å². The number of carbonyl (C=O) groups excluding carboxylic acids is 1. The Hall–Kier alpha value is -1.51. The number of rotatable bonds is 12. The maximum atomic E-state index is 12.2. The van der Waals surface area contributed by atoms with Crippen LogP contribution in [0.2, 0.25) is 0 Å². The normalized spacial score (nSPS) is 12.2. The molecule has 3 heteroatoms. The quantitative estimate of drug-likeness (QED) is 0.277. The van der Waals surface area contributed by atoms with Gasteiger partial charge in [-0.15, -0.1) is 0 Å². The Labute approximate surface area is 185 Å². The molecule has 172 valence electrons. The van der Waals surface area contributed by atoms with E-state index in [0.29, 0.717) is 12.2 Å². The molecule has 0 aliphatic heterocycles. The van der Waals surface area contributed by atoms with Crippen molar-refractivity contribution in [1.82, 2.24) is 0 Å². The van der Waals surface area contributed by atoms with E-state index in [-0.39, 0.29) is 23.4 Å². The van der Waals surface area contributed by atoms with Crippen LogP contribution in [0.25, 0.3) is 0 Å². The molecule has 0 atom stereocenters. The van der Waals surface area contributed by atoms with Gasteiger partial charge in [0, 0.05) is 6.42 Å². The van der Waals surface area contributed by atoms with Crippen molar-refractivity contribution in [3.8, 4) is 5.75 Å². The number of esters is 1. The third kappa shape index (κ3) is 9.53. The Morgan fingerprint density at radius 1 is 0.800 bits per heavy atom. The first-order valence-corrected chi connectivity index (χ1v) is 12.0. The fourth-order valence-electron chi connectivity index (χ4n) is 3.74. The first-order valence-electron chi connectivity index (χ1n) is 12.0. The molecule has 30 heavy (non-hydrogen) atoms. The van der Waals surface area contributed by atoms with Crippen molar-refractivity contribution in [2.45, 2.75) is 130 Å². The van der Waals surface area contributed by atoms with E-state index in [1.807, 2.05) is 12.1 Å². The number of unbranched alkanes of at least 4 members (excludes halogenated alkanes) is 8. The molecule has 0 aliphatic carbocycles. The van der Waals surface area contributed by atoms with Crippen molar-refractivity contribution in [3.63, 3.8) is 0 Å². The van der Waals surface area contributed by atoms with E-state index in [1.165, 1.54) is 44.9 Å². The zero-order valence-electron chi connectivity index (χ0n) is 20.7. The molecule has 0 aliphatic rings. The molecule has 0 radical (unpaired) electrons. The number of aromatic hydroxyl groups is 1. The van der Waals surface area contributed by atoms with Crippen molar-refractivity contribution in [1.29, 1.82) is 0 Å². The van der Waals surface area contributed by atoms with Crippen molar-refractivity contribution < 1.29 is 14.6 Å². The van der Waals surface area contributed by atoms with Crippen LogP contribution >= 0.6 is 0 Å². The molecule has 0 saturated heterocycles. The zero-order chi connectivity index (χ0) is 22.8. The second-order valence-corrected chi connectivity index (χ2v) is 10.8. The maximum Gasteiger partial charge on any atom is 0.306 e. The summed E-state index contributed by atoms with van der Waals surface area (Å²) in [5, 5.41) is 10.8. The highest BCUT2D eigenvalue weighted by Gasteiger charge is 2.26. The molecule has 1 N–H and O–H groups in total. The molecular formula is C27H46O3. The monoisotopic (exact) mass is 418 g/mol. The van der Waals surface area contributed by atoms with E-state index >= 15 is 0 Å². The lowest BCUT2D eigenvalue weighted by Gasteiger charge is -2.28. The summed E-state index contributed by atoms with van der Waals surface area (Å²) in [6.07, 6.45) is 11.6. The Morgan fingerprint density at radius 3 is 1.67 bits per heavy atom. The molecule has 0 heterocycles. The number of ether oxygens (including phenoxy) is 1. The van der Waals surface area contributed by atoms with Gasteiger partial charge >= 0.3 is 5.97 Å². The van der Waals surface area contributed by atoms with Gasteiger partial charge in [0.25, 0.3) is 0 Å². The molecule has 0 unspecified atom stereocenters. The van der Waals surface area contributed by atoms with Crippen LogP contribution in [0.5, 0.6) is 5.75 Å². The van der Waals surface area contributed by atoms with Crippen molar-refractivity contribution >= 4 is 5.97 Å². The van der Waals surface area contributed by atoms with Crippen molar-refractivity contribution in [2.24, 2.45) is 0 Å². The fraction of sp³-hybridized carbons (Fsp3) is 0.741. The molecule has 1 rings (SSSR count). The third-order valence-corrected chi connectivity index (χ3v) is 5.67. The molecular weight excluding hydrogens is 372 g/mol. The average molecular weight is 419 g/mol. The minimum atomic E-state index is -0.180. The van der Waals surface area contributed by atoms with Gasteiger partial charge in [0.15, 0.2) is 0 Å².